The van der Waals surface area contributed by atoms with Crippen molar-refractivity contribution < 1.29 is 33.8 Å². The first kappa shape index (κ1) is 27.5. The number of aliphatic hydroxyl groups is 1. The topological polar surface area (TPSA) is 146 Å². The molecule has 0 spiro atoms. The minimum atomic E-state index is -1.20. The molecule has 30 heavy (non-hydrogen) atoms. The molecular formula is C20H30ClN3O6. The fourth-order valence-electron chi connectivity index (χ4n) is 2.73. The van der Waals surface area contributed by atoms with Gasteiger partial charge in [0, 0.05) is 42.8 Å². The minimum absolute atomic E-state index is 0. The Labute approximate surface area is 181 Å². The van der Waals surface area contributed by atoms with Gasteiger partial charge in [-0.25, -0.2) is 4.79 Å². The Hall–Kier alpha value is -2.46. The molecule has 9 nitrogen and oxygen atoms in total. The quantitative estimate of drug-likeness (QED) is 0.303. The predicted molar refractivity (Wildman–Crippen MR) is 113 cm³/mol. The number of carboxylic acid groups (broad SMARTS) is 1. The number of quaternary nitrogens is 1. The number of carbonyl (C=O) groups is 3. The van der Waals surface area contributed by atoms with Crippen molar-refractivity contribution in [3.63, 3.8) is 0 Å². The number of para-hydroxylation sites is 1. The second kappa shape index (κ2) is 12.3. The highest BCUT2D eigenvalue weighted by Crippen LogP contribution is 2.18. The number of halogens is 1. The summed E-state index contributed by atoms with van der Waals surface area (Å²) in [5, 5.41) is 20.2. The van der Waals surface area contributed by atoms with Crippen molar-refractivity contribution in [1.82, 2.24) is 4.98 Å². The first-order chi connectivity index (χ1) is 13.4. The van der Waals surface area contributed by atoms with Gasteiger partial charge in [0.1, 0.15) is 18.7 Å². The standard InChI is InChI=1S/C13H14N2O3.C7H15NO3.ClH/c1-8(16)18-13(17)11(14)6-9-7-15-12-5-3-2-4-10(9)12;1-8(2,3)5-6(9)4-7(10)11;/h2-5,7,11,15H,6,14H2,1H3;6,9H,4-5H2,1-3H3;1H/t11-;6-;/m01./s1. The largest absolute Gasteiger partial charge is 0.550 e. The van der Waals surface area contributed by atoms with E-state index in [1.54, 1.807) is 0 Å². The number of fused-ring (bicyclic) bond motifs is 1. The second-order valence-corrected chi connectivity index (χ2v) is 7.79. The normalized spacial score (nSPS) is 12.7. The highest BCUT2D eigenvalue weighted by atomic mass is 35.5. The SMILES string of the molecule is CC(=O)OC(=O)[C@@H](N)Cc1c[nH]c2ccccc12.C[N+](C)(C)C[C@H](O)CC(=O)[O-].Cl. The average molecular weight is 444 g/mol. The summed E-state index contributed by atoms with van der Waals surface area (Å²) in [6, 6.07) is 6.89. The molecule has 2 atom stereocenters. The van der Waals surface area contributed by atoms with E-state index in [2.05, 4.69) is 9.72 Å². The molecule has 0 aliphatic carbocycles. The van der Waals surface area contributed by atoms with Crippen LogP contribution in [0.25, 0.3) is 10.9 Å². The number of aliphatic hydroxyl groups excluding tert-OH is 1. The smallest absolute Gasteiger partial charge is 0.330 e. The molecular weight excluding hydrogens is 414 g/mol. The van der Waals surface area contributed by atoms with Crippen molar-refractivity contribution in [2.75, 3.05) is 27.7 Å². The number of esters is 2. The van der Waals surface area contributed by atoms with Gasteiger partial charge in [-0.3, -0.25) is 4.79 Å². The molecule has 1 aromatic heterocycles. The number of carbonyl (C=O) groups excluding carboxylic acids is 3. The fraction of sp³-hybridized carbons (Fsp3) is 0.450. The van der Waals surface area contributed by atoms with Crippen LogP contribution in [0.1, 0.15) is 18.9 Å². The number of H-pyrrole nitrogens is 1. The molecule has 0 fully saturated rings. The monoisotopic (exact) mass is 443 g/mol. The van der Waals surface area contributed by atoms with Gasteiger partial charge in [0.15, 0.2) is 0 Å². The molecule has 0 amide bonds. The maximum Gasteiger partial charge on any atom is 0.330 e. The number of rotatable bonds is 7. The van der Waals surface area contributed by atoms with Gasteiger partial charge in [0.25, 0.3) is 0 Å². The van der Waals surface area contributed by atoms with E-state index in [-0.39, 0.29) is 18.8 Å². The molecule has 0 aliphatic heterocycles. The maximum atomic E-state index is 11.4. The molecule has 2 aromatic rings. The van der Waals surface area contributed by atoms with Gasteiger partial charge in [-0.1, -0.05) is 18.2 Å². The summed E-state index contributed by atoms with van der Waals surface area (Å²) in [6.45, 7) is 1.60. The number of aliphatic carboxylic acids is 1. The van der Waals surface area contributed by atoms with Crippen LogP contribution in [0.4, 0.5) is 0 Å². The average Bonchev–Trinajstić information content (AvgIpc) is 2.95. The molecule has 0 bridgehead atoms. The Kier molecular flexibility index (Phi) is 11.3. The molecule has 168 valence electrons. The number of ether oxygens (including phenoxy) is 1. The summed E-state index contributed by atoms with van der Waals surface area (Å²) in [5.74, 6) is -2.55. The lowest BCUT2D eigenvalue weighted by Gasteiger charge is -2.26. The van der Waals surface area contributed by atoms with E-state index in [1.165, 1.54) is 6.92 Å². The third kappa shape index (κ3) is 10.4. The third-order valence-electron chi connectivity index (χ3n) is 3.82. The lowest BCUT2D eigenvalue weighted by Crippen LogP contribution is -2.43. The zero-order chi connectivity index (χ0) is 22.2. The van der Waals surface area contributed by atoms with E-state index in [1.807, 2.05) is 51.6 Å². The van der Waals surface area contributed by atoms with Gasteiger partial charge < -0.3 is 34.9 Å². The van der Waals surface area contributed by atoms with Gasteiger partial charge in [-0.2, -0.15) is 0 Å². The Morgan fingerprint density at radius 1 is 1.23 bits per heavy atom. The molecule has 4 N–H and O–H groups in total. The Balaban J connectivity index is 0.000000612. The summed E-state index contributed by atoms with van der Waals surface area (Å²) in [7, 11) is 5.66. The van der Waals surface area contributed by atoms with Gasteiger partial charge in [-0.05, 0) is 11.6 Å². The van der Waals surface area contributed by atoms with Crippen LogP contribution < -0.4 is 10.8 Å². The first-order valence-electron chi connectivity index (χ1n) is 9.10. The van der Waals surface area contributed by atoms with Crippen LogP contribution in [0.5, 0.6) is 0 Å². The summed E-state index contributed by atoms with van der Waals surface area (Å²) < 4.78 is 5.01. The summed E-state index contributed by atoms with van der Waals surface area (Å²) in [4.78, 5) is 35.2. The van der Waals surface area contributed by atoms with E-state index in [4.69, 9.17) is 10.8 Å². The van der Waals surface area contributed by atoms with E-state index in [0.717, 1.165) is 16.5 Å². The summed E-state index contributed by atoms with van der Waals surface area (Å²) in [5.41, 5.74) is 7.62. The molecule has 1 heterocycles. The van der Waals surface area contributed by atoms with Crippen molar-refractivity contribution in [1.29, 1.82) is 0 Å². The Morgan fingerprint density at radius 2 is 1.83 bits per heavy atom. The van der Waals surface area contributed by atoms with E-state index in [0.29, 0.717) is 17.4 Å². The number of likely N-dealkylation sites (N-methyl/N-ethyl adjacent to an activating group) is 1. The Morgan fingerprint density at radius 3 is 2.37 bits per heavy atom. The van der Waals surface area contributed by atoms with E-state index < -0.39 is 30.1 Å². The predicted octanol–water partition coefficient (Wildman–Crippen LogP) is -0.257. The number of nitrogens with two attached hydrogens (primary N) is 1. The molecule has 2 rings (SSSR count). The van der Waals surface area contributed by atoms with Gasteiger partial charge in [-0.15, -0.1) is 12.4 Å². The number of nitrogens with one attached hydrogen (secondary N) is 1. The van der Waals surface area contributed by atoms with Crippen molar-refractivity contribution >= 4 is 41.2 Å². The second-order valence-electron chi connectivity index (χ2n) is 7.79. The first-order valence-corrected chi connectivity index (χ1v) is 9.10. The van der Waals surface area contributed by atoms with Crippen LogP contribution in [0.3, 0.4) is 0 Å². The van der Waals surface area contributed by atoms with Crippen molar-refractivity contribution in [2.24, 2.45) is 5.73 Å². The molecule has 10 heteroatoms. The molecule has 1 aromatic carbocycles. The Bertz CT molecular complexity index is 846. The summed E-state index contributed by atoms with van der Waals surface area (Å²) >= 11 is 0. The van der Waals surface area contributed by atoms with Crippen molar-refractivity contribution in [3.05, 3.63) is 36.0 Å². The number of carboxylic acids is 1. The van der Waals surface area contributed by atoms with Crippen LogP contribution >= 0.6 is 12.4 Å². The van der Waals surface area contributed by atoms with Crippen LogP contribution in [-0.2, 0) is 25.5 Å². The highest BCUT2D eigenvalue weighted by molar-refractivity contribution is 5.88. The third-order valence-corrected chi connectivity index (χ3v) is 3.82. The molecule has 0 saturated carbocycles. The van der Waals surface area contributed by atoms with Gasteiger partial charge in [0.2, 0.25) is 0 Å². The number of hydrogen-bond donors (Lipinski definition) is 3. The zero-order valence-electron chi connectivity index (χ0n) is 17.6. The number of hydrogen-bond acceptors (Lipinski definition) is 7. The number of nitrogens with zero attached hydrogens (tertiary/aromatic N) is 1. The number of aromatic nitrogens is 1. The minimum Gasteiger partial charge on any atom is -0.550 e. The zero-order valence-corrected chi connectivity index (χ0v) is 18.4. The maximum absolute atomic E-state index is 11.4. The number of benzene rings is 1. The van der Waals surface area contributed by atoms with Crippen molar-refractivity contribution in [3.8, 4) is 0 Å². The van der Waals surface area contributed by atoms with E-state index >= 15 is 0 Å². The highest BCUT2D eigenvalue weighted by Gasteiger charge is 2.19. The van der Waals surface area contributed by atoms with Crippen LogP contribution in [-0.4, -0.2) is 72.3 Å². The van der Waals surface area contributed by atoms with Gasteiger partial charge in [0.05, 0.1) is 21.1 Å². The summed E-state index contributed by atoms with van der Waals surface area (Å²) in [6.07, 6.45) is 1.05. The van der Waals surface area contributed by atoms with Crippen molar-refractivity contribution in [2.45, 2.75) is 31.9 Å². The lowest BCUT2D eigenvalue weighted by atomic mass is 10.1. The fourth-order valence-corrected chi connectivity index (χ4v) is 2.73. The van der Waals surface area contributed by atoms with Crippen LogP contribution in [0.2, 0.25) is 0 Å². The van der Waals surface area contributed by atoms with Crippen LogP contribution in [0.15, 0.2) is 30.5 Å². The van der Waals surface area contributed by atoms with Crippen LogP contribution in [0, 0.1) is 0 Å². The number of aromatic amines is 1. The van der Waals surface area contributed by atoms with Gasteiger partial charge >= 0.3 is 11.9 Å². The molecule has 0 aliphatic rings. The van der Waals surface area contributed by atoms with E-state index in [9.17, 15) is 19.5 Å². The lowest BCUT2D eigenvalue weighted by molar-refractivity contribution is -0.873. The molecule has 0 saturated heterocycles. The molecule has 0 unspecified atom stereocenters. The molecule has 0 radical (unpaired) electrons.